The molecule has 0 bridgehead atoms. The van der Waals surface area contributed by atoms with Crippen LogP contribution in [0.2, 0.25) is 0 Å². The number of hydrogen-bond acceptors (Lipinski definition) is 4. The molecule has 2 fully saturated rings. The van der Waals surface area contributed by atoms with Crippen molar-refractivity contribution in [1.82, 2.24) is 4.90 Å². The number of carbonyl (C=O) groups is 1. The van der Waals surface area contributed by atoms with Gasteiger partial charge in [0.1, 0.15) is 6.10 Å². The monoisotopic (exact) mass is 322 g/mol. The number of carbonyl (C=O) groups excluding carboxylic acids is 1. The first kappa shape index (κ1) is 16.0. The van der Waals surface area contributed by atoms with Crippen molar-refractivity contribution in [3.8, 4) is 0 Å². The Bertz CT molecular complexity index is 471. The second kappa shape index (κ2) is 7.57. The van der Waals surface area contributed by atoms with E-state index in [4.69, 9.17) is 10.5 Å². The number of hydrogen-bond donors (Lipinski definition) is 1. The van der Waals surface area contributed by atoms with Crippen LogP contribution in [0.15, 0.2) is 16.8 Å². The highest BCUT2D eigenvalue weighted by atomic mass is 32.1. The molecule has 2 N–H and O–H groups in total. The summed E-state index contributed by atoms with van der Waals surface area (Å²) >= 11 is 1.66. The highest BCUT2D eigenvalue weighted by molar-refractivity contribution is 7.07. The van der Waals surface area contributed by atoms with Crippen molar-refractivity contribution >= 4 is 17.2 Å². The minimum Gasteiger partial charge on any atom is -0.370 e. The van der Waals surface area contributed by atoms with Crippen molar-refractivity contribution in [2.75, 3.05) is 19.7 Å². The molecular weight excluding hydrogens is 296 g/mol. The molecule has 122 valence electrons. The predicted molar refractivity (Wildman–Crippen MR) is 88.8 cm³/mol. The highest BCUT2D eigenvalue weighted by Crippen LogP contribution is 2.28. The molecule has 1 saturated heterocycles. The zero-order valence-corrected chi connectivity index (χ0v) is 13.9. The molecule has 5 heteroatoms. The fourth-order valence-electron chi connectivity index (χ4n) is 3.63. The molecule has 1 aromatic rings. The summed E-state index contributed by atoms with van der Waals surface area (Å²) in [4.78, 5) is 14.5. The summed E-state index contributed by atoms with van der Waals surface area (Å²) in [7, 11) is 0. The molecule has 2 atom stereocenters. The van der Waals surface area contributed by atoms with Gasteiger partial charge in [0.15, 0.2) is 0 Å². The number of thiophene rings is 1. The lowest BCUT2D eigenvalue weighted by Gasteiger charge is -2.35. The largest absolute Gasteiger partial charge is 0.370 e. The third-order valence-electron chi connectivity index (χ3n) is 4.92. The van der Waals surface area contributed by atoms with Gasteiger partial charge in [-0.15, -0.1) is 0 Å². The summed E-state index contributed by atoms with van der Waals surface area (Å²) in [6.07, 6.45) is 7.26. The summed E-state index contributed by atoms with van der Waals surface area (Å²) in [5, 5.41) is 4.15. The summed E-state index contributed by atoms with van der Waals surface area (Å²) in [5.41, 5.74) is 7.38. The van der Waals surface area contributed by atoms with Gasteiger partial charge in [-0.25, -0.2) is 0 Å². The maximum atomic E-state index is 12.6. The van der Waals surface area contributed by atoms with Crippen molar-refractivity contribution in [3.05, 3.63) is 22.4 Å². The maximum absolute atomic E-state index is 12.6. The van der Waals surface area contributed by atoms with Crippen molar-refractivity contribution in [1.29, 1.82) is 0 Å². The third kappa shape index (κ3) is 3.89. The molecule has 2 unspecified atom stereocenters. The molecule has 2 heterocycles. The third-order valence-corrected chi connectivity index (χ3v) is 5.62. The van der Waals surface area contributed by atoms with E-state index in [1.165, 1.54) is 37.7 Å². The van der Waals surface area contributed by atoms with E-state index in [0.717, 1.165) is 6.42 Å². The molecule has 1 amide bonds. The lowest BCUT2D eigenvalue weighted by Crippen LogP contribution is -2.49. The number of nitrogens with two attached hydrogens (primary N) is 1. The number of rotatable bonds is 4. The number of amides is 1. The fraction of sp³-hybridized carbons (Fsp3) is 0.706. The van der Waals surface area contributed by atoms with Crippen LogP contribution in [0.5, 0.6) is 0 Å². The molecule has 22 heavy (non-hydrogen) atoms. The first-order valence-corrected chi connectivity index (χ1v) is 9.36. The predicted octanol–water partition coefficient (Wildman–Crippen LogP) is 2.95. The molecule has 0 spiro atoms. The van der Waals surface area contributed by atoms with Gasteiger partial charge in [0.05, 0.1) is 19.2 Å². The Morgan fingerprint density at radius 2 is 2.23 bits per heavy atom. The summed E-state index contributed by atoms with van der Waals surface area (Å²) in [6, 6.07) is 1.73. The van der Waals surface area contributed by atoms with Crippen molar-refractivity contribution in [3.63, 3.8) is 0 Å². The van der Waals surface area contributed by atoms with Crippen LogP contribution in [-0.2, 0) is 9.53 Å². The van der Waals surface area contributed by atoms with E-state index in [0.29, 0.717) is 25.6 Å². The molecule has 0 radical (unpaired) electrons. The quantitative estimate of drug-likeness (QED) is 0.927. The smallest absolute Gasteiger partial charge is 0.239 e. The van der Waals surface area contributed by atoms with Gasteiger partial charge in [0.2, 0.25) is 5.91 Å². The van der Waals surface area contributed by atoms with E-state index in [2.05, 4.69) is 11.4 Å². The molecule has 4 nitrogen and oxygen atoms in total. The van der Waals surface area contributed by atoms with Crippen LogP contribution >= 0.6 is 11.3 Å². The molecule has 2 aliphatic rings. The van der Waals surface area contributed by atoms with Gasteiger partial charge in [0.25, 0.3) is 0 Å². The second-order valence-corrected chi connectivity index (χ2v) is 7.33. The normalized spacial score (nSPS) is 25.1. The fourth-order valence-corrected chi connectivity index (χ4v) is 4.33. The molecular formula is C17H26N2O2S. The van der Waals surface area contributed by atoms with Crippen LogP contribution in [-0.4, -0.2) is 36.5 Å². The van der Waals surface area contributed by atoms with E-state index in [9.17, 15) is 4.79 Å². The first-order valence-electron chi connectivity index (χ1n) is 8.42. The average molecular weight is 322 g/mol. The van der Waals surface area contributed by atoms with Gasteiger partial charge in [0, 0.05) is 6.54 Å². The van der Waals surface area contributed by atoms with Gasteiger partial charge in [-0.05, 0) is 34.7 Å². The minimum absolute atomic E-state index is 0.00540. The van der Waals surface area contributed by atoms with Gasteiger partial charge < -0.3 is 15.4 Å². The Morgan fingerprint density at radius 3 is 2.95 bits per heavy atom. The van der Waals surface area contributed by atoms with E-state index in [-0.39, 0.29) is 18.1 Å². The topological polar surface area (TPSA) is 55.6 Å². The first-order chi connectivity index (χ1) is 10.7. The second-order valence-electron chi connectivity index (χ2n) is 6.55. The van der Waals surface area contributed by atoms with Gasteiger partial charge in [-0.3, -0.25) is 4.79 Å². The van der Waals surface area contributed by atoms with Crippen LogP contribution in [0.25, 0.3) is 0 Å². The van der Waals surface area contributed by atoms with Crippen molar-refractivity contribution < 1.29 is 9.53 Å². The van der Waals surface area contributed by atoms with Crippen molar-refractivity contribution in [2.45, 2.75) is 50.7 Å². The zero-order valence-electron chi connectivity index (χ0n) is 13.1. The zero-order chi connectivity index (χ0) is 15.4. The molecule has 1 saturated carbocycles. The molecule has 1 aliphatic heterocycles. The lowest BCUT2D eigenvalue weighted by atomic mass is 9.84. The van der Waals surface area contributed by atoms with E-state index in [1.54, 1.807) is 11.3 Å². The average Bonchev–Trinajstić information content (AvgIpc) is 3.10. The minimum atomic E-state index is -0.343. The van der Waals surface area contributed by atoms with E-state index < -0.39 is 0 Å². The van der Waals surface area contributed by atoms with E-state index in [1.807, 2.05) is 10.3 Å². The SMILES string of the molecule is NC(CC1CCCCC1)C(=O)N1CCOC(c2ccsc2)C1. The van der Waals surface area contributed by atoms with Gasteiger partial charge in [-0.1, -0.05) is 32.1 Å². The Hall–Kier alpha value is -0.910. The van der Waals surface area contributed by atoms with Crippen LogP contribution in [0, 0.1) is 5.92 Å². The van der Waals surface area contributed by atoms with Crippen molar-refractivity contribution in [2.24, 2.45) is 11.7 Å². The van der Waals surface area contributed by atoms with Crippen LogP contribution in [0.4, 0.5) is 0 Å². The van der Waals surface area contributed by atoms with Crippen LogP contribution < -0.4 is 5.73 Å². The highest BCUT2D eigenvalue weighted by Gasteiger charge is 2.30. The van der Waals surface area contributed by atoms with Gasteiger partial charge in [-0.2, -0.15) is 11.3 Å². The van der Waals surface area contributed by atoms with Crippen LogP contribution in [0.3, 0.4) is 0 Å². The Balaban J connectivity index is 1.54. The molecule has 1 aliphatic carbocycles. The van der Waals surface area contributed by atoms with Crippen LogP contribution in [0.1, 0.15) is 50.2 Å². The number of ether oxygens (including phenoxy) is 1. The molecule has 0 aromatic carbocycles. The van der Waals surface area contributed by atoms with E-state index >= 15 is 0 Å². The number of morpholine rings is 1. The standard InChI is InChI=1S/C17H26N2O2S/c18-15(10-13-4-2-1-3-5-13)17(20)19-7-8-21-16(11-19)14-6-9-22-12-14/h6,9,12-13,15-16H,1-5,7-8,10-11,18H2. The summed E-state index contributed by atoms with van der Waals surface area (Å²) in [5.74, 6) is 0.746. The maximum Gasteiger partial charge on any atom is 0.239 e. The Kier molecular flexibility index (Phi) is 5.50. The Labute approximate surface area is 136 Å². The summed E-state index contributed by atoms with van der Waals surface area (Å²) < 4.78 is 5.80. The summed E-state index contributed by atoms with van der Waals surface area (Å²) in [6.45, 7) is 1.90. The lowest BCUT2D eigenvalue weighted by molar-refractivity contribution is -0.140. The molecule has 3 rings (SSSR count). The molecule has 1 aromatic heterocycles. The Morgan fingerprint density at radius 1 is 1.41 bits per heavy atom. The van der Waals surface area contributed by atoms with Gasteiger partial charge >= 0.3 is 0 Å². The number of nitrogens with zero attached hydrogens (tertiary/aromatic N) is 1.